The minimum atomic E-state index is -0.459. The highest BCUT2D eigenvalue weighted by Crippen LogP contribution is 2.44. The van der Waals surface area contributed by atoms with Crippen molar-refractivity contribution in [1.29, 1.82) is 0 Å². The minimum absolute atomic E-state index is 0.0379. The molecule has 0 saturated carbocycles. The number of esters is 1. The summed E-state index contributed by atoms with van der Waals surface area (Å²) in [4.78, 5) is 28.4. The van der Waals surface area contributed by atoms with Crippen molar-refractivity contribution in [1.82, 2.24) is 10.2 Å². The van der Waals surface area contributed by atoms with Gasteiger partial charge in [0.25, 0.3) is 0 Å². The lowest BCUT2D eigenvalue weighted by molar-refractivity contribution is -0.136. The molecule has 1 saturated heterocycles. The summed E-state index contributed by atoms with van der Waals surface area (Å²) in [5.74, 6) is -0.798. The molecule has 2 amide bonds. The summed E-state index contributed by atoms with van der Waals surface area (Å²) in [5.41, 5.74) is 5.76. The van der Waals surface area contributed by atoms with Gasteiger partial charge in [0.15, 0.2) is 0 Å². The molecule has 37 heavy (non-hydrogen) atoms. The molecule has 2 aliphatic heterocycles. The number of hydrogen-bond acceptors (Lipinski definition) is 3. The van der Waals surface area contributed by atoms with Crippen LogP contribution in [0.2, 0.25) is 0 Å². The second kappa shape index (κ2) is 9.51. The number of amides is 2. The zero-order valence-corrected chi connectivity index (χ0v) is 20.7. The molecule has 1 aliphatic carbocycles. The number of nitrogens with one attached hydrogen (secondary N) is 1. The Morgan fingerprint density at radius 2 is 1.59 bits per heavy atom. The molecule has 3 aromatic carbocycles. The molecule has 2 bridgehead atoms. The molecule has 3 aliphatic rings. The van der Waals surface area contributed by atoms with E-state index in [0.717, 1.165) is 30.4 Å². The fourth-order valence-corrected chi connectivity index (χ4v) is 6.33. The van der Waals surface area contributed by atoms with E-state index in [9.17, 15) is 9.59 Å². The first kappa shape index (κ1) is 23.5. The lowest BCUT2D eigenvalue weighted by Crippen LogP contribution is -2.53. The van der Waals surface area contributed by atoms with Crippen molar-refractivity contribution in [3.05, 3.63) is 101 Å². The predicted molar refractivity (Wildman–Crippen MR) is 140 cm³/mol. The zero-order chi connectivity index (χ0) is 25.5. The maximum atomic E-state index is 15.2. The van der Waals surface area contributed by atoms with Crippen LogP contribution in [0.4, 0.5) is 9.18 Å². The quantitative estimate of drug-likeness (QED) is 0.483. The van der Waals surface area contributed by atoms with Gasteiger partial charge in [-0.15, -0.1) is 0 Å². The van der Waals surface area contributed by atoms with Gasteiger partial charge in [0.1, 0.15) is 5.82 Å². The SMILES string of the molecule is COC(=O)C1=C(c2ccc(-c3ccccc3)c(F)c2)CC2CCC1N2C(=O)NC1Cc2ccccc2C1. The zero-order valence-electron chi connectivity index (χ0n) is 20.7. The minimum Gasteiger partial charge on any atom is -0.466 e. The topological polar surface area (TPSA) is 58.6 Å². The van der Waals surface area contributed by atoms with Gasteiger partial charge in [-0.05, 0) is 66.0 Å². The Labute approximate surface area is 215 Å². The summed E-state index contributed by atoms with van der Waals surface area (Å²) in [5, 5.41) is 3.22. The molecule has 0 aromatic heterocycles. The van der Waals surface area contributed by atoms with Crippen molar-refractivity contribution in [2.24, 2.45) is 0 Å². The second-order valence-corrected chi connectivity index (χ2v) is 10.1. The normalized spacial score (nSPS) is 20.6. The summed E-state index contributed by atoms with van der Waals surface area (Å²) in [6.45, 7) is 0. The first-order chi connectivity index (χ1) is 18.0. The number of urea groups is 1. The first-order valence-corrected chi connectivity index (χ1v) is 12.9. The third-order valence-electron chi connectivity index (χ3n) is 8.02. The van der Waals surface area contributed by atoms with Gasteiger partial charge in [-0.25, -0.2) is 14.0 Å². The van der Waals surface area contributed by atoms with Crippen molar-refractivity contribution >= 4 is 17.6 Å². The Morgan fingerprint density at radius 3 is 2.27 bits per heavy atom. The molecule has 2 heterocycles. The first-order valence-electron chi connectivity index (χ1n) is 12.9. The van der Waals surface area contributed by atoms with E-state index in [2.05, 4.69) is 17.4 Å². The van der Waals surface area contributed by atoms with Crippen LogP contribution in [-0.4, -0.2) is 42.1 Å². The van der Waals surface area contributed by atoms with Crippen LogP contribution in [-0.2, 0) is 22.4 Å². The maximum Gasteiger partial charge on any atom is 0.336 e. The number of nitrogens with zero attached hydrogens (tertiary/aromatic N) is 1. The fraction of sp³-hybridized carbons (Fsp3) is 0.290. The third-order valence-corrected chi connectivity index (χ3v) is 8.02. The fourth-order valence-electron chi connectivity index (χ4n) is 6.33. The maximum absolute atomic E-state index is 15.2. The highest BCUT2D eigenvalue weighted by molar-refractivity contribution is 6.01. The van der Waals surface area contributed by atoms with Gasteiger partial charge in [-0.1, -0.05) is 66.7 Å². The Kier molecular flexibility index (Phi) is 6.03. The van der Waals surface area contributed by atoms with Gasteiger partial charge in [0.2, 0.25) is 0 Å². The van der Waals surface area contributed by atoms with Gasteiger partial charge in [0, 0.05) is 17.6 Å². The number of rotatable bonds is 4. The summed E-state index contributed by atoms with van der Waals surface area (Å²) in [6.07, 6.45) is 3.58. The molecular weight excluding hydrogens is 467 g/mol. The van der Waals surface area contributed by atoms with Crippen LogP contribution < -0.4 is 5.32 Å². The standard InChI is InChI=1S/C31H29FN2O3/c1-37-30(35)29-26(22-11-13-25(27(32)17-22)19-7-3-2-4-8-19)18-24-12-14-28(29)34(24)31(36)33-23-15-20-9-5-6-10-21(20)16-23/h2-11,13,17,23-24,28H,12,14-16,18H2,1H3,(H,33,36). The van der Waals surface area contributed by atoms with Crippen LogP contribution in [0.25, 0.3) is 16.7 Å². The van der Waals surface area contributed by atoms with Crippen molar-refractivity contribution in [2.75, 3.05) is 7.11 Å². The van der Waals surface area contributed by atoms with Gasteiger partial charge in [-0.3, -0.25) is 0 Å². The van der Waals surface area contributed by atoms with E-state index in [1.807, 2.05) is 53.4 Å². The molecular formula is C31H29FN2O3. The number of fused-ring (bicyclic) bond motifs is 3. The van der Waals surface area contributed by atoms with E-state index in [1.54, 1.807) is 6.07 Å². The van der Waals surface area contributed by atoms with Crippen molar-refractivity contribution in [3.8, 4) is 11.1 Å². The van der Waals surface area contributed by atoms with Gasteiger partial charge in [0.05, 0.1) is 18.7 Å². The van der Waals surface area contributed by atoms with Crippen LogP contribution in [0.1, 0.15) is 36.0 Å². The van der Waals surface area contributed by atoms with E-state index in [0.29, 0.717) is 29.5 Å². The van der Waals surface area contributed by atoms with Crippen LogP contribution in [0.5, 0.6) is 0 Å². The molecule has 0 radical (unpaired) electrons. The largest absolute Gasteiger partial charge is 0.466 e. The van der Waals surface area contributed by atoms with Crippen LogP contribution >= 0.6 is 0 Å². The van der Waals surface area contributed by atoms with E-state index in [1.165, 1.54) is 24.3 Å². The Morgan fingerprint density at radius 1 is 0.892 bits per heavy atom. The summed E-state index contributed by atoms with van der Waals surface area (Å²) < 4.78 is 20.4. The molecule has 6 heteroatoms. The van der Waals surface area contributed by atoms with E-state index in [4.69, 9.17) is 4.74 Å². The monoisotopic (exact) mass is 496 g/mol. The Hall–Kier alpha value is -3.93. The molecule has 2 atom stereocenters. The molecule has 188 valence electrons. The molecule has 0 spiro atoms. The van der Waals surface area contributed by atoms with E-state index < -0.39 is 5.97 Å². The van der Waals surface area contributed by atoms with Crippen LogP contribution in [0, 0.1) is 5.82 Å². The van der Waals surface area contributed by atoms with Crippen molar-refractivity contribution < 1.29 is 18.7 Å². The third kappa shape index (κ3) is 4.20. The smallest absolute Gasteiger partial charge is 0.336 e. The van der Waals surface area contributed by atoms with Crippen LogP contribution in [0.3, 0.4) is 0 Å². The summed E-state index contributed by atoms with van der Waals surface area (Å²) >= 11 is 0. The number of carbonyl (C=O) groups excluding carboxylic acids is 2. The average molecular weight is 497 g/mol. The molecule has 6 rings (SSSR count). The van der Waals surface area contributed by atoms with Crippen molar-refractivity contribution in [2.45, 2.75) is 50.2 Å². The number of benzene rings is 3. The van der Waals surface area contributed by atoms with Crippen LogP contribution in [0.15, 0.2) is 78.4 Å². The molecule has 5 nitrogen and oxygen atoms in total. The van der Waals surface area contributed by atoms with E-state index >= 15 is 4.39 Å². The summed E-state index contributed by atoms with van der Waals surface area (Å²) in [6, 6.07) is 22.3. The van der Waals surface area contributed by atoms with Gasteiger partial charge >= 0.3 is 12.0 Å². The molecule has 3 aromatic rings. The molecule has 1 fully saturated rings. The van der Waals surface area contributed by atoms with Gasteiger partial charge < -0.3 is 15.0 Å². The Bertz CT molecular complexity index is 1380. The molecule has 2 unspecified atom stereocenters. The Balaban J connectivity index is 1.29. The number of carbonyl (C=O) groups is 2. The highest BCUT2D eigenvalue weighted by atomic mass is 19.1. The highest BCUT2D eigenvalue weighted by Gasteiger charge is 2.47. The number of hydrogen-bond donors (Lipinski definition) is 1. The van der Waals surface area contributed by atoms with Crippen molar-refractivity contribution in [3.63, 3.8) is 0 Å². The lowest BCUT2D eigenvalue weighted by atomic mass is 9.87. The number of halogens is 1. The number of methoxy groups -OCH3 is 1. The predicted octanol–water partition coefficient (Wildman–Crippen LogP) is 5.53. The summed E-state index contributed by atoms with van der Waals surface area (Å²) in [7, 11) is 1.35. The molecule has 1 N–H and O–H groups in total. The van der Waals surface area contributed by atoms with Gasteiger partial charge in [-0.2, -0.15) is 0 Å². The number of ether oxygens (including phenoxy) is 1. The average Bonchev–Trinajstić information content (AvgIpc) is 3.47. The second-order valence-electron chi connectivity index (χ2n) is 10.1. The lowest BCUT2D eigenvalue weighted by Gasteiger charge is -2.37. The van der Waals surface area contributed by atoms with E-state index in [-0.39, 0.29) is 30.0 Å².